The summed E-state index contributed by atoms with van der Waals surface area (Å²) in [7, 11) is 0. The Kier molecular flexibility index (Phi) is 5.96. The number of benzene rings is 1. The molecule has 2 rings (SSSR count). The Morgan fingerprint density at radius 2 is 2.05 bits per heavy atom. The van der Waals surface area contributed by atoms with Gasteiger partial charge in [0.2, 0.25) is 0 Å². The quantitative estimate of drug-likeness (QED) is 0.667. The lowest BCUT2D eigenvalue weighted by molar-refractivity contribution is 0.309. The van der Waals surface area contributed by atoms with E-state index in [1.54, 1.807) is 5.70 Å². The third-order valence-corrected chi connectivity index (χ3v) is 4.55. The van der Waals surface area contributed by atoms with Crippen molar-refractivity contribution in [2.45, 2.75) is 52.0 Å². The monoisotopic (exact) mass is 321 g/mol. The maximum Gasteiger partial charge on any atom is 0.0437 e. The summed E-state index contributed by atoms with van der Waals surface area (Å²) in [6.45, 7) is 4.49. The summed E-state index contributed by atoms with van der Waals surface area (Å²) in [5.41, 5.74) is 2.96. The number of allylic oxidation sites excluding steroid dienone is 2. The second kappa shape index (κ2) is 7.74. The van der Waals surface area contributed by atoms with E-state index in [4.69, 9.17) is 0 Å². The van der Waals surface area contributed by atoms with Crippen molar-refractivity contribution in [2.75, 3.05) is 6.54 Å². The van der Waals surface area contributed by atoms with Crippen molar-refractivity contribution < 1.29 is 0 Å². The molecule has 104 valence electrons. The number of unbranched alkanes of at least 4 members (excludes halogenated alkanes) is 1. The highest BCUT2D eigenvalue weighted by atomic mass is 79.9. The van der Waals surface area contributed by atoms with Crippen LogP contribution >= 0.6 is 15.9 Å². The zero-order valence-electron chi connectivity index (χ0n) is 11.9. The SMILES string of the molecule is CCCCN(Cc1ccccc1Br)C1=CCCCC1. The summed E-state index contributed by atoms with van der Waals surface area (Å²) < 4.78 is 1.23. The van der Waals surface area contributed by atoms with E-state index in [9.17, 15) is 0 Å². The van der Waals surface area contributed by atoms with Gasteiger partial charge in [-0.3, -0.25) is 0 Å². The number of rotatable bonds is 6. The van der Waals surface area contributed by atoms with E-state index in [1.165, 1.54) is 55.1 Å². The number of halogens is 1. The first kappa shape index (κ1) is 14.6. The van der Waals surface area contributed by atoms with Crippen LogP contribution in [-0.4, -0.2) is 11.4 Å². The zero-order chi connectivity index (χ0) is 13.5. The normalized spacial score (nSPS) is 15.2. The lowest BCUT2D eigenvalue weighted by atomic mass is 10.0. The van der Waals surface area contributed by atoms with Crippen molar-refractivity contribution in [3.05, 3.63) is 46.1 Å². The smallest absolute Gasteiger partial charge is 0.0437 e. The van der Waals surface area contributed by atoms with E-state index >= 15 is 0 Å². The van der Waals surface area contributed by atoms with Crippen LogP contribution in [0.3, 0.4) is 0 Å². The lowest BCUT2D eigenvalue weighted by Crippen LogP contribution is -2.25. The van der Waals surface area contributed by atoms with E-state index in [-0.39, 0.29) is 0 Å². The fourth-order valence-corrected chi connectivity index (χ4v) is 3.02. The van der Waals surface area contributed by atoms with Gasteiger partial charge in [0.25, 0.3) is 0 Å². The fraction of sp³-hybridized carbons (Fsp3) is 0.529. The van der Waals surface area contributed by atoms with Crippen molar-refractivity contribution in [3.63, 3.8) is 0 Å². The minimum absolute atomic E-state index is 1.03. The van der Waals surface area contributed by atoms with Gasteiger partial charge in [0.05, 0.1) is 0 Å². The maximum absolute atomic E-state index is 3.67. The molecule has 1 aromatic carbocycles. The van der Waals surface area contributed by atoms with Crippen LogP contribution in [0, 0.1) is 0 Å². The van der Waals surface area contributed by atoms with Crippen LogP contribution in [0.15, 0.2) is 40.5 Å². The van der Waals surface area contributed by atoms with Crippen LogP contribution < -0.4 is 0 Å². The zero-order valence-corrected chi connectivity index (χ0v) is 13.5. The third-order valence-electron chi connectivity index (χ3n) is 3.77. The predicted molar refractivity (Wildman–Crippen MR) is 86.0 cm³/mol. The van der Waals surface area contributed by atoms with Crippen LogP contribution in [0.2, 0.25) is 0 Å². The van der Waals surface area contributed by atoms with Crippen molar-refractivity contribution in [2.24, 2.45) is 0 Å². The Balaban J connectivity index is 2.09. The van der Waals surface area contributed by atoms with Gasteiger partial charge in [-0.2, -0.15) is 0 Å². The molecule has 0 saturated heterocycles. The average Bonchev–Trinajstić information content (AvgIpc) is 2.46. The van der Waals surface area contributed by atoms with E-state index in [0.717, 1.165) is 6.54 Å². The van der Waals surface area contributed by atoms with Gasteiger partial charge in [-0.05, 0) is 43.7 Å². The van der Waals surface area contributed by atoms with Gasteiger partial charge in [0.15, 0.2) is 0 Å². The largest absolute Gasteiger partial charge is 0.371 e. The summed E-state index contributed by atoms with van der Waals surface area (Å²) in [6, 6.07) is 8.59. The molecule has 0 atom stereocenters. The second-order valence-corrected chi connectivity index (χ2v) is 6.16. The minimum atomic E-state index is 1.03. The van der Waals surface area contributed by atoms with Crippen LogP contribution in [0.1, 0.15) is 51.0 Å². The van der Waals surface area contributed by atoms with Crippen LogP contribution in [-0.2, 0) is 6.54 Å². The van der Waals surface area contributed by atoms with Crippen LogP contribution in [0.4, 0.5) is 0 Å². The summed E-state index contributed by atoms with van der Waals surface area (Å²) >= 11 is 3.67. The van der Waals surface area contributed by atoms with E-state index in [1.807, 2.05) is 0 Å². The summed E-state index contributed by atoms with van der Waals surface area (Å²) in [4.78, 5) is 2.59. The van der Waals surface area contributed by atoms with E-state index < -0.39 is 0 Å². The Morgan fingerprint density at radius 3 is 2.74 bits per heavy atom. The van der Waals surface area contributed by atoms with E-state index in [0.29, 0.717) is 0 Å². The molecule has 0 fully saturated rings. The molecule has 0 aliphatic heterocycles. The molecule has 2 heteroatoms. The van der Waals surface area contributed by atoms with Crippen molar-refractivity contribution >= 4 is 15.9 Å². The van der Waals surface area contributed by atoms with Crippen LogP contribution in [0.5, 0.6) is 0 Å². The third kappa shape index (κ3) is 4.38. The molecule has 0 amide bonds. The molecular weight excluding hydrogens is 298 g/mol. The Labute approximate surface area is 125 Å². The number of hydrogen-bond acceptors (Lipinski definition) is 1. The summed E-state index contributed by atoms with van der Waals surface area (Å²) in [5, 5.41) is 0. The van der Waals surface area contributed by atoms with Crippen molar-refractivity contribution in [1.29, 1.82) is 0 Å². The molecule has 1 aliphatic carbocycles. The Morgan fingerprint density at radius 1 is 1.21 bits per heavy atom. The summed E-state index contributed by atoms with van der Waals surface area (Å²) in [5.74, 6) is 0. The first-order valence-electron chi connectivity index (χ1n) is 7.48. The molecule has 0 N–H and O–H groups in total. The van der Waals surface area contributed by atoms with Gasteiger partial charge in [-0.25, -0.2) is 0 Å². The predicted octanol–water partition coefficient (Wildman–Crippen LogP) is 5.51. The molecule has 0 radical (unpaired) electrons. The number of nitrogens with zero attached hydrogens (tertiary/aromatic N) is 1. The van der Waals surface area contributed by atoms with Gasteiger partial charge in [0.1, 0.15) is 0 Å². The molecule has 0 aromatic heterocycles. The Bertz CT molecular complexity index is 425. The molecule has 1 aromatic rings. The molecular formula is C17H24BrN. The van der Waals surface area contributed by atoms with E-state index in [2.05, 4.69) is 58.1 Å². The minimum Gasteiger partial charge on any atom is -0.371 e. The molecule has 0 bridgehead atoms. The molecule has 1 aliphatic rings. The van der Waals surface area contributed by atoms with Gasteiger partial charge >= 0.3 is 0 Å². The highest BCUT2D eigenvalue weighted by molar-refractivity contribution is 9.10. The molecule has 1 nitrogen and oxygen atoms in total. The lowest BCUT2D eigenvalue weighted by Gasteiger charge is -2.30. The van der Waals surface area contributed by atoms with Gasteiger partial charge in [-0.15, -0.1) is 0 Å². The Hall–Kier alpha value is -0.760. The van der Waals surface area contributed by atoms with Gasteiger partial charge < -0.3 is 4.90 Å². The molecule has 0 unspecified atom stereocenters. The molecule has 0 saturated carbocycles. The van der Waals surface area contributed by atoms with Gasteiger partial charge in [0, 0.05) is 23.3 Å². The first-order chi connectivity index (χ1) is 9.31. The molecule has 19 heavy (non-hydrogen) atoms. The fourth-order valence-electron chi connectivity index (χ4n) is 2.61. The standard InChI is InChI=1S/C17H24BrN/c1-2-3-13-19(16-10-5-4-6-11-16)14-15-9-7-8-12-17(15)18/h7-10,12H,2-6,11,13-14H2,1H3. The topological polar surface area (TPSA) is 3.24 Å². The average molecular weight is 322 g/mol. The first-order valence-corrected chi connectivity index (χ1v) is 8.28. The second-order valence-electron chi connectivity index (χ2n) is 5.31. The van der Waals surface area contributed by atoms with Crippen molar-refractivity contribution in [3.8, 4) is 0 Å². The highest BCUT2D eigenvalue weighted by Crippen LogP contribution is 2.25. The maximum atomic E-state index is 3.67. The summed E-state index contributed by atoms with van der Waals surface area (Å²) in [6.07, 6.45) is 10.2. The van der Waals surface area contributed by atoms with Crippen molar-refractivity contribution in [1.82, 2.24) is 4.90 Å². The molecule has 0 spiro atoms. The number of hydrogen-bond donors (Lipinski definition) is 0. The highest BCUT2D eigenvalue weighted by Gasteiger charge is 2.13. The van der Waals surface area contributed by atoms with Gasteiger partial charge in [-0.1, -0.05) is 53.5 Å². The molecule has 0 heterocycles. The van der Waals surface area contributed by atoms with Crippen LogP contribution in [0.25, 0.3) is 0 Å².